The van der Waals surface area contributed by atoms with Crippen molar-refractivity contribution in [1.29, 1.82) is 0 Å². The highest BCUT2D eigenvalue weighted by atomic mass is 32.2. The van der Waals surface area contributed by atoms with Crippen LogP contribution in [-0.4, -0.2) is 23.2 Å². The average molecular weight is 276 g/mol. The number of aromatic nitrogens is 2. The molecule has 0 saturated carbocycles. The van der Waals surface area contributed by atoms with Crippen LogP contribution in [0.2, 0.25) is 0 Å². The van der Waals surface area contributed by atoms with Gasteiger partial charge in [-0.2, -0.15) is 0 Å². The first kappa shape index (κ1) is 12.1. The molecule has 0 bridgehead atoms. The highest BCUT2D eigenvalue weighted by Gasteiger charge is 2.28. The third-order valence-electron chi connectivity index (χ3n) is 3.21. The van der Waals surface area contributed by atoms with Crippen LogP contribution in [0.15, 0.2) is 41.6 Å². The molecule has 6 heteroatoms. The molecule has 1 aromatic heterocycles. The summed E-state index contributed by atoms with van der Waals surface area (Å²) >= 11 is 0. The van der Waals surface area contributed by atoms with E-state index in [-0.39, 0.29) is 10.7 Å². The maximum absolute atomic E-state index is 12.5. The number of carbonyl (C=O) groups excluding carboxylic acids is 1. The minimum atomic E-state index is -3.66. The molecule has 19 heavy (non-hydrogen) atoms. The van der Waals surface area contributed by atoms with Crippen molar-refractivity contribution >= 4 is 15.8 Å². The van der Waals surface area contributed by atoms with Gasteiger partial charge in [-0.05, 0) is 25.0 Å². The smallest absolute Gasteiger partial charge is 0.269 e. The van der Waals surface area contributed by atoms with Gasteiger partial charge in [0.15, 0.2) is 5.78 Å². The third kappa shape index (κ3) is 1.88. The Morgan fingerprint density at radius 1 is 1.11 bits per heavy atom. The molecule has 1 heterocycles. The minimum Gasteiger partial charge on any atom is -0.292 e. The first-order valence-corrected chi connectivity index (χ1v) is 7.45. The highest BCUT2D eigenvalue weighted by Crippen LogP contribution is 2.24. The number of Topliss-reactive ketones (excluding diaryl/α,β-unsaturated/α-hetero) is 1. The molecule has 5 nitrogen and oxygen atoms in total. The van der Waals surface area contributed by atoms with Crippen LogP contribution in [0.1, 0.15) is 29.0 Å². The van der Waals surface area contributed by atoms with Crippen molar-refractivity contribution in [3.8, 4) is 0 Å². The summed E-state index contributed by atoms with van der Waals surface area (Å²) < 4.78 is 26.1. The van der Waals surface area contributed by atoms with Crippen LogP contribution in [0, 0.1) is 0 Å². The normalized spacial score (nSPS) is 15.3. The van der Waals surface area contributed by atoms with Gasteiger partial charge in [0, 0.05) is 6.42 Å². The zero-order valence-electron chi connectivity index (χ0n) is 10.1. The second-order valence-corrected chi connectivity index (χ2v) is 6.25. The van der Waals surface area contributed by atoms with E-state index in [1.165, 1.54) is 18.5 Å². The Morgan fingerprint density at radius 3 is 2.58 bits per heavy atom. The lowest BCUT2D eigenvalue weighted by atomic mass is 10.0. The van der Waals surface area contributed by atoms with Gasteiger partial charge in [-0.15, -0.1) is 0 Å². The molecule has 0 radical (unpaired) electrons. The summed E-state index contributed by atoms with van der Waals surface area (Å²) in [6.45, 7) is 0. The van der Waals surface area contributed by atoms with Crippen LogP contribution in [0.3, 0.4) is 0 Å². The molecule has 0 N–H and O–H groups in total. The van der Waals surface area contributed by atoms with E-state index in [0.29, 0.717) is 30.7 Å². The molecule has 1 aromatic carbocycles. The van der Waals surface area contributed by atoms with E-state index >= 15 is 0 Å². The number of nitrogens with zero attached hydrogens (tertiary/aromatic N) is 2. The number of hydrogen-bond acceptors (Lipinski definition) is 4. The average Bonchev–Trinajstić information content (AvgIpc) is 2.86. The summed E-state index contributed by atoms with van der Waals surface area (Å²) in [5.74, 6) is -0.0803. The van der Waals surface area contributed by atoms with E-state index in [1.54, 1.807) is 18.2 Å². The molecule has 1 aliphatic carbocycles. The number of ketones is 1. The molecular weight excluding hydrogens is 264 g/mol. The van der Waals surface area contributed by atoms with Gasteiger partial charge >= 0.3 is 0 Å². The van der Waals surface area contributed by atoms with Crippen LogP contribution < -0.4 is 0 Å². The van der Waals surface area contributed by atoms with Crippen LogP contribution in [0.4, 0.5) is 0 Å². The molecule has 0 saturated heterocycles. The van der Waals surface area contributed by atoms with E-state index < -0.39 is 10.0 Å². The van der Waals surface area contributed by atoms with Crippen LogP contribution >= 0.6 is 0 Å². The van der Waals surface area contributed by atoms with Gasteiger partial charge < -0.3 is 0 Å². The Labute approximate surface area is 111 Å². The number of fused-ring (bicyclic) bond motifs is 1. The zero-order valence-corrected chi connectivity index (χ0v) is 10.9. The molecule has 0 fully saturated rings. The van der Waals surface area contributed by atoms with E-state index in [4.69, 9.17) is 0 Å². The van der Waals surface area contributed by atoms with Crippen molar-refractivity contribution in [2.24, 2.45) is 0 Å². The minimum absolute atomic E-state index is 0.0803. The Balaban J connectivity index is 2.16. The van der Waals surface area contributed by atoms with Gasteiger partial charge in [-0.3, -0.25) is 4.79 Å². The summed E-state index contributed by atoms with van der Waals surface area (Å²) in [5.41, 5.74) is 0.797. The van der Waals surface area contributed by atoms with Crippen LogP contribution in [0.25, 0.3) is 0 Å². The lowest BCUT2D eigenvalue weighted by Gasteiger charge is -2.13. The molecular formula is C13H12N2O3S. The predicted molar refractivity (Wildman–Crippen MR) is 68.5 cm³/mol. The monoisotopic (exact) mass is 276 g/mol. The van der Waals surface area contributed by atoms with Gasteiger partial charge in [0.25, 0.3) is 10.0 Å². The number of imidazole rings is 1. The lowest BCUT2D eigenvalue weighted by Crippen LogP contribution is -2.19. The first-order chi connectivity index (χ1) is 9.10. The molecule has 0 spiro atoms. The summed E-state index contributed by atoms with van der Waals surface area (Å²) in [7, 11) is -3.66. The number of hydrogen-bond donors (Lipinski definition) is 0. The Hall–Kier alpha value is -1.95. The van der Waals surface area contributed by atoms with Crippen molar-refractivity contribution in [2.45, 2.75) is 24.2 Å². The Kier molecular flexibility index (Phi) is 2.74. The maximum atomic E-state index is 12.5. The summed E-state index contributed by atoms with van der Waals surface area (Å²) in [5, 5.41) is 0. The molecule has 1 aliphatic rings. The van der Waals surface area contributed by atoms with Crippen molar-refractivity contribution in [1.82, 2.24) is 8.96 Å². The van der Waals surface area contributed by atoms with Crippen molar-refractivity contribution in [3.63, 3.8) is 0 Å². The fraction of sp³-hybridized carbons (Fsp3) is 0.231. The molecule has 98 valence electrons. The molecule has 0 aliphatic heterocycles. The molecule has 2 aromatic rings. The molecule has 3 rings (SSSR count). The Bertz CT molecular complexity index is 733. The SMILES string of the molecule is O=C1CCCc2c1ncn2S(=O)(=O)c1ccccc1. The number of rotatable bonds is 2. The van der Waals surface area contributed by atoms with Crippen LogP contribution in [-0.2, 0) is 16.4 Å². The van der Waals surface area contributed by atoms with E-state index in [9.17, 15) is 13.2 Å². The predicted octanol–water partition coefficient (Wildman–Crippen LogP) is 1.64. The summed E-state index contributed by atoms with van der Waals surface area (Å²) in [4.78, 5) is 15.9. The first-order valence-electron chi connectivity index (χ1n) is 6.01. The highest BCUT2D eigenvalue weighted by molar-refractivity contribution is 7.90. The Morgan fingerprint density at radius 2 is 1.84 bits per heavy atom. The topological polar surface area (TPSA) is 69.0 Å². The third-order valence-corrected chi connectivity index (χ3v) is 4.91. The number of carbonyl (C=O) groups is 1. The molecule has 0 unspecified atom stereocenters. The second kappa shape index (κ2) is 4.31. The standard InChI is InChI=1S/C13H12N2O3S/c16-12-8-4-7-11-13(12)14-9-15(11)19(17,18)10-5-2-1-3-6-10/h1-3,5-6,9H,4,7-8H2. The largest absolute Gasteiger partial charge is 0.292 e. The van der Waals surface area contributed by atoms with Gasteiger partial charge in [0.05, 0.1) is 10.6 Å². The van der Waals surface area contributed by atoms with Gasteiger partial charge in [-0.25, -0.2) is 17.4 Å². The van der Waals surface area contributed by atoms with Gasteiger partial charge in [-0.1, -0.05) is 18.2 Å². The van der Waals surface area contributed by atoms with E-state index in [1.807, 2.05) is 0 Å². The zero-order chi connectivity index (χ0) is 13.5. The fourth-order valence-corrected chi connectivity index (χ4v) is 3.64. The lowest BCUT2D eigenvalue weighted by molar-refractivity contribution is 0.0967. The van der Waals surface area contributed by atoms with Gasteiger partial charge in [0.1, 0.15) is 12.0 Å². The summed E-state index contributed by atoms with van der Waals surface area (Å²) in [6.07, 6.45) is 2.90. The van der Waals surface area contributed by atoms with Crippen molar-refractivity contribution in [2.75, 3.05) is 0 Å². The quantitative estimate of drug-likeness (QED) is 0.836. The summed E-state index contributed by atoms with van der Waals surface area (Å²) in [6, 6.07) is 8.16. The van der Waals surface area contributed by atoms with Gasteiger partial charge in [0.2, 0.25) is 0 Å². The van der Waals surface area contributed by atoms with E-state index in [0.717, 1.165) is 3.97 Å². The number of benzene rings is 1. The van der Waals surface area contributed by atoms with Crippen LogP contribution in [0.5, 0.6) is 0 Å². The van der Waals surface area contributed by atoms with E-state index in [2.05, 4.69) is 4.98 Å². The maximum Gasteiger partial charge on any atom is 0.269 e. The van der Waals surface area contributed by atoms with Crippen molar-refractivity contribution in [3.05, 3.63) is 48.0 Å². The second-order valence-electron chi connectivity index (χ2n) is 4.43. The fourth-order valence-electron chi connectivity index (χ4n) is 2.27. The molecule has 0 amide bonds. The van der Waals surface area contributed by atoms with Crippen molar-refractivity contribution < 1.29 is 13.2 Å². The molecule has 0 atom stereocenters.